The Morgan fingerprint density at radius 3 is 2.83 bits per heavy atom. The summed E-state index contributed by atoms with van der Waals surface area (Å²) in [7, 11) is 0. The Hall–Kier alpha value is -2.31. The number of ketones is 1. The van der Waals surface area contributed by atoms with E-state index in [9.17, 15) is 19.5 Å². The third-order valence-corrected chi connectivity index (χ3v) is 4.91. The van der Waals surface area contributed by atoms with Crippen molar-refractivity contribution in [1.82, 2.24) is 0 Å². The number of hydrogen-bond donors (Lipinski definition) is 1. The van der Waals surface area contributed by atoms with Gasteiger partial charge in [-0.3, -0.25) is 14.4 Å². The summed E-state index contributed by atoms with van der Waals surface area (Å²) >= 11 is 0. The number of amides is 2. The summed E-state index contributed by atoms with van der Waals surface area (Å²) in [6.45, 7) is 1.09. The molecule has 0 radical (unpaired) electrons. The Bertz CT molecular complexity index is 770. The third kappa shape index (κ3) is 1.73. The van der Waals surface area contributed by atoms with Gasteiger partial charge in [0, 0.05) is 5.56 Å². The van der Waals surface area contributed by atoms with Crippen molar-refractivity contribution >= 4 is 23.3 Å². The lowest BCUT2D eigenvalue weighted by Gasteiger charge is -2.26. The van der Waals surface area contributed by atoms with E-state index in [0.717, 1.165) is 4.90 Å². The second-order valence-electron chi connectivity index (χ2n) is 6.18. The molecule has 0 saturated carbocycles. The lowest BCUT2D eigenvalue weighted by molar-refractivity contribution is -0.128. The van der Waals surface area contributed by atoms with Gasteiger partial charge in [0.15, 0.2) is 5.78 Å². The fraction of sp³-hybridized carbons (Fsp3) is 0.353. The monoisotopic (exact) mass is 313 g/mol. The molecule has 2 amide bonds. The van der Waals surface area contributed by atoms with E-state index in [0.29, 0.717) is 11.3 Å². The fourth-order valence-electron chi connectivity index (χ4n) is 3.80. The molecule has 1 N–H and O–H groups in total. The van der Waals surface area contributed by atoms with Crippen LogP contribution in [-0.4, -0.2) is 41.0 Å². The number of benzene rings is 1. The van der Waals surface area contributed by atoms with Crippen LogP contribution in [0.15, 0.2) is 36.4 Å². The largest absolute Gasteiger partial charge is 0.393 e. The Balaban J connectivity index is 1.76. The summed E-state index contributed by atoms with van der Waals surface area (Å²) < 4.78 is 5.68. The molecule has 0 spiro atoms. The Labute approximate surface area is 132 Å². The first kappa shape index (κ1) is 14.3. The van der Waals surface area contributed by atoms with Crippen LogP contribution in [0, 0.1) is 11.8 Å². The van der Waals surface area contributed by atoms with Gasteiger partial charge in [0.2, 0.25) is 11.8 Å². The van der Waals surface area contributed by atoms with Crippen molar-refractivity contribution in [2.75, 3.05) is 11.5 Å². The number of ether oxygens (including phenoxy) is 1. The standard InChI is InChI=1S/C17H15NO5/c1-9(20)10-3-2-4-11(7-10)18-15(21)13-12-5-6-17(8-19,23-12)14(13)16(18)22/h2-7,12-14,19H,8H2,1H3/t12-,13-,14-,17+/m0/s1. The van der Waals surface area contributed by atoms with Crippen molar-refractivity contribution < 1.29 is 24.2 Å². The van der Waals surface area contributed by atoms with Gasteiger partial charge in [-0.1, -0.05) is 24.3 Å². The average Bonchev–Trinajstić information content (AvgIpc) is 3.18. The number of imide groups is 1. The van der Waals surface area contributed by atoms with Crippen molar-refractivity contribution in [1.29, 1.82) is 0 Å². The average molecular weight is 313 g/mol. The Morgan fingerprint density at radius 2 is 2.13 bits per heavy atom. The van der Waals surface area contributed by atoms with Crippen molar-refractivity contribution in [3.8, 4) is 0 Å². The number of nitrogens with zero attached hydrogens (tertiary/aromatic N) is 1. The van der Waals surface area contributed by atoms with Crippen molar-refractivity contribution in [3.63, 3.8) is 0 Å². The zero-order valence-corrected chi connectivity index (χ0v) is 12.4. The van der Waals surface area contributed by atoms with Crippen LogP contribution in [0.2, 0.25) is 0 Å². The summed E-state index contributed by atoms with van der Waals surface area (Å²) in [6.07, 6.45) is 2.93. The maximum atomic E-state index is 12.8. The van der Waals surface area contributed by atoms with E-state index in [1.807, 2.05) is 0 Å². The number of hydrogen-bond acceptors (Lipinski definition) is 5. The fourth-order valence-corrected chi connectivity index (χ4v) is 3.80. The first-order chi connectivity index (χ1) is 11.0. The highest BCUT2D eigenvalue weighted by Crippen LogP contribution is 2.52. The van der Waals surface area contributed by atoms with Gasteiger partial charge < -0.3 is 9.84 Å². The van der Waals surface area contributed by atoms with E-state index in [-0.39, 0.29) is 24.2 Å². The molecule has 1 aromatic rings. The van der Waals surface area contributed by atoms with Crippen molar-refractivity contribution in [3.05, 3.63) is 42.0 Å². The van der Waals surface area contributed by atoms with Crippen LogP contribution in [0.5, 0.6) is 0 Å². The van der Waals surface area contributed by atoms with E-state index in [1.165, 1.54) is 6.92 Å². The molecular formula is C17H15NO5. The molecule has 0 aliphatic carbocycles. The first-order valence-corrected chi connectivity index (χ1v) is 7.45. The smallest absolute Gasteiger partial charge is 0.241 e. The third-order valence-electron chi connectivity index (χ3n) is 4.91. The number of fused-ring (bicyclic) bond motifs is 5. The molecule has 4 rings (SSSR count). The Morgan fingerprint density at radius 1 is 1.35 bits per heavy atom. The molecule has 6 heteroatoms. The molecule has 3 aliphatic rings. The topological polar surface area (TPSA) is 83.9 Å². The lowest BCUT2D eigenvalue weighted by atomic mass is 9.77. The van der Waals surface area contributed by atoms with Gasteiger partial charge in [-0.2, -0.15) is 0 Å². The minimum Gasteiger partial charge on any atom is -0.393 e. The summed E-state index contributed by atoms with van der Waals surface area (Å²) in [6, 6.07) is 6.46. The summed E-state index contributed by atoms with van der Waals surface area (Å²) in [5.74, 6) is -2.19. The molecule has 23 heavy (non-hydrogen) atoms. The van der Waals surface area contributed by atoms with Gasteiger partial charge in [-0.25, -0.2) is 4.90 Å². The summed E-state index contributed by atoms with van der Waals surface area (Å²) in [5.41, 5.74) is -0.279. The van der Waals surface area contributed by atoms with Crippen LogP contribution in [0.3, 0.4) is 0 Å². The van der Waals surface area contributed by atoms with Crippen LogP contribution in [0.25, 0.3) is 0 Å². The molecule has 3 aliphatic heterocycles. The SMILES string of the molecule is CC(=O)c1cccc(N2C(=O)[C@H]3[C@@H]4C=C[C@](CO)(O4)[C@@H]3C2=O)c1. The molecule has 4 atom stereocenters. The molecule has 2 fully saturated rings. The Kier molecular flexibility index (Phi) is 2.86. The van der Waals surface area contributed by atoms with E-state index in [2.05, 4.69) is 0 Å². The van der Waals surface area contributed by atoms with Gasteiger partial charge in [-0.05, 0) is 19.1 Å². The zero-order chi connectivity index (χ0) is 16.4. The molecular weight excluding hydrogens is 298 g/mol. The number of aliphatic hydroxyl groups excluding tert-OH is 1. The van der Waals surface area contributed by atoms with Gasteiger partial charge in [0.1, 0.15) is 5.60 Å². The number of carbonyl (C=O) groups is 3. The quantitative estimate of drug-likeness (QED) is 0.504. The summed E-state index contributed by atoms with van der Waals surface area (Å²) in [4.78, 5) is 38.2. The highest BCUT2D eigenvalue weighted by Gasteiger charge is 2.67. The normalized spacial score (nSPS) is 34.3. The molecule has 2 saturated heterocycles. The van der Waals surface area contributed by atoms with Crippen LogP contribution in [0.1, 0.15) is 17.3 Å². The number of carbonyl (C=O) groups excluding carboxylic acids is 3. The van der Waals surface area contributed by atoms with Gasteiger partial charge in [0.05, 0.1) is 30.2 Å². The molecule has 3 heterocycles. The van der Waals surface area contributed by atoms with Gasteiger partial charge >= 0.3 is 0 Å². The number of Topliss-reactive ketones (excluding diaryl/α,β-unsaturated/α-hetero) is 1. The number of anilines is 1. The molecule has 0 aromatic heterocycles. The first-order valence-electron chi connectivity index (χ1n) is 7.45. The van der Waals surface area contributed by atoms with Crippen LogP contribution in [-0.2, 0) is 14.3 Å². The number of rotatable bonds is 3. The lowest BCUT2D eigenvalue weighted by Crippen LogP contribution is -2.43. The highest BCUT2D eigenvalue weighted by molar-refractivity contribution is 6.23. The maximum absolute atomic E-state index is 12.8. The molecule has 2 bridgehead atoms. The minimum atomic E-state index is -1.10. The second-order valence-corrected chi connectivity index (χ2v) is 6.18. The van der Waals surface area contributed by atoms with Crippen LogP contribution >= 0.6 is 0 Å². The molecule has 118 valence electrons. The molecule has 0 unspecified atom stereocenters. The number of aliphatic hydroxyl groups is 1. The molecule has 6 nitrogen and oxygen atoms in total. The van der Waals surface area contributed by atoms with E-state index >= 15 is 0 Å². The van der Waals surface area contributed by atoms with E-state index in [1.54, 1.807) is 36.4 Å². The van der Waals surface area contributed by atoms with E-state index < -0.39 is 23.5 Å². The van der Waals surface area contributed by atoms with Crippen molar-refractivity contribution in [2.45, 2.75) is 18.6 Å². The van der Waals surface area contributed by atoms with Gasteiger partial charge in [0.25, 0.3) is 0 Å². The zero-order valence-electron chi connectivity index (χ0n) is 12.4. The minimum absolute atomic E-state index is 0.136. The predicted molar refractivity (Wildman–Crippen MR) is 79.7 cm³/mol. The summed E-state index contributed by atoms with van der Waals surface area (Å²) in [5, 5.41) is 9.67. The second kappa shape index (κ2) is 4.59. The maximum Gasteiger partial charge on any atom is 0.241 e. The van der Waals surface area contributed by atoms with Crippen LogP contribution in [0.4, 0.5) is 5.69 Å². The highest BCUT2D eigenvalue weighted by atomic mass is 16.5. The molecule has 1 aromatic carbocycles. The van der Waals surface area contributed by atoms with Crippen molar-refractivity contribution in [2.24, 2.45) is 11.8 Å². The predicted octanol–water partition coefficient (Wildman–Crippen LogP) is 0.694. The van der Waals surface area contributed by atoms with Gasteiger partial charge in [-0.15, -0.1) is 0 Å². The van der Waals surface area contributed by atoms with E-state index in [4.69, 9.17) is 4.74 Å². The van der Waals surface area contributed by atoms with Crippen LogP contribution < -0.4 is 4.90 Å².